The number of phenols is 1. The van der Waals surface area contributed by atoms with Crippen molar-refractivity contribution in [3.05, 3.63) is 29.8 Å². The van der Waals surface area contributed by atoms with Crippen molar-refractivity contribution in [1.82, 2.24) is 0 Å². The average Bonchev–Trinajstić information content (AvgIpc) is 2.87. The molecule has 0 amide bonds. The third-order valence-electron chi connectivity index (χ3n) is 4.81. The van der Waals surface area contributed by atoms with E-state index < -0.39 is 5.60 Å². The highest BCUT2D eigenvalue weighted by Crippen LogP contribution is 2.46. The summed E-state index contributed by atoms with van der Waals surface area (Å²) < 4.78 is 6.03. The quantitative estimate of drug-likeness (QED) is 0.880. The van der Waals surface area contributed by atoms with Gasteiger partial charge in [0.1, 0.15) is 5.75 Å². The van der Waals surface area contributed by atoms with Gasteiger partial charge in [0, 0.05) is 12.4 Å². The normalized spacial score (nSPS) is 33.2. The van der Waals surface area contributed by atoms with Gasteiger partial charge in [-0.15, -0.1) is 0 Å². The van der Waals surface area contributed by atoms with E-state index >= 15 is 0 Å². The Balaban J connectivity index is 1.81. The minimum absolute atomic E-state index is 0.0194. The summed E-state index contributed by atoms with van der Waals surface area (Å²) in [6, 6.07) is 6.93. The lowest BCUT2D eigenvalue weighted by Gasteiger charge is -2.43. The zero-order valence-electron chi connectivity index (χ0n) is 11.8. The Labute approximate surface area is 124 Å². The number of aromatic hydroxyl groups is 1. The standard InChI is InChI=1S/C16H22O3S/c1-15(18,12-2-4-14(17)5-3-12)13-6-8-19-16(10-13)7-9-20-11-16/h2-5,13,17-18H,6-11H2,1H3. The molecule has 2 N–H and O–H groups in total. The first-order valence-electron chi connectivity index (χ1n) is 7.25. The van der Waals surface area contributed by atoms with Gasteiger partial charge < -0.3 is 14.9 Å². The summed E-state index contributed by atoms with van der Waals surface area (Å²) in [5, 5.41) is 20.4. The van der Waals surface area contributed by atoms with E-state index in [0.29, 0.717) is 0 Å². The molecule has 2 aliphatic rings. The van der Waals surface area contributed by atoms with E-state index in [2.05, 4.69) is 0 Å². The first-order chi connectivity index (χ1) is 9.52. The Bertz CT molecular complexity index is 463. The van der Waals surface area contributed by atoms with Crippen LogP contribution in [0.3, 0.4) is 0 Å². The Kier molecular flexibility index (Phi) is 3.73. The third kappa shape index (κ3) is 2.57. The molecule has 110 valence electrons. The summed E-state index contributed by atoms with van der Waals surface area (Å²) in [7, 11) is 0. The van der Waals surface area contributed by atoms with Gasteiger partial charge in [-0.2, -0.15) is 11.8 Å². The molecule has 2 heterocycles. The van der Waals surface area contributed by atoms with Crippen LogP contribution in [0.1, 0.15) is 31.7 Å². The molecule has 0 radical (unpaired) electrons. The molecule has 2 fully saturated rings. The zero-order chi connectivity index (χ0) is 14.2. The summed E-state index contributed by atoms with van der Waals surface area (Å²) in [5.74, 6) is 2.66. The number of hydrogen-bond acceptors (Lipinski definition) is 4. The predicted octanol–water partition coefficient (Wildman–Crippen LogP) is 2.90. The van der Waals surface area contributed by atoms with Crippen molar-refractivity contribution in [3.63, 3.8) is 0 Å². The second-order valence-electron chi connectivity index (χ2n) is 6.22. The fourth-order valence-electron chi connectivity index (χ4n) is 3.41. The summed E-state index contributed by atoms with van der Waals surface area (Å²) in [6.07, 6.45) is 2.91. The smallest absolute Gasteiger partial charge is 0.115 e. The minimum atomic E-state index is -0.863. The molecule has 2 aliphatic heterocycles. The lowest BCUT2D eigenvalue weighted by atomic mass is 9.73. The fourth-order valence-corrected chi connectivity index (χ4v) is 4.78. The molecule has 1 aromatic carbocycles. The van der Waals surface area contributed by atoms with E-state index in [1.807, 2.05) is 30.8 Å². The van der Waals surface area contributed by atoms with Crippen molar-refractivity contribution >= 4 is 11.8 Å². The van der Waals surface area contributed by atoms with Gasteiger partial charge in [-0.1, -0.05) is 12.1 Å². The second-order valence-corrected chi connectivity index (χ2v) is 7.32. The lowest BCUT2D eigenvalue weighted by molar-refractivity contribution is -0.129. The van der Waals surface area contributed by atoms with Crippen molar-refractivity contribution in [1.29, 1.82) is 0 Å². The largest absolute Gasteiger partial charge is 0.508 e. The molecule has 0 aromatic heterocycles. The van der Waals surface area contributed by atoms with Crippen molar-refractivity contribution in [2.45, 2.75) is 37.4 Å². The van der Waals surface area contributed by atoms with Crippen molar-refractivity contribution < 1.29 is 14.9 Å². The predicted molar refractivity (Wildman–Crippen MR) is 81.0 cm³/mol. The second kappa shape index (κ2) is 5.24. The molecule has 3 nitrogen and oxygen atoms in total. The van der Waals surface area contributed by atoms with Gasteiger partial charge in [-0.05, 0) is 55.6 Å². The Morgan fingerprint density at radius 1 is 1.35 bits per heavy atom. The molecule has 2 saturated heterocycles. The van der Waals surface area contributed by atoms with Crippen LogP contribution in [0.25, 0.3) is 0 Å². The van der Waals surface area contributed by atoms with E-state index in [4.69, 9.17) is 4.74 Å². The van der Waals surface area contributed by atoms with E-state index in [0.717, 1.165) is 42.9 Å². The van der Waals surface area contributed by atoms with Crippen LogP contribution in [0, 0.1) is 5.92 Å². The maximum atomic E-state index is 11.0. The van der Waals surface area contributed by atoms with E-state index in [-0.39, 0.29) is 17.3 Å². The molecular weight excluding hydrogens is 272 g/mol. The highest BCUT2D eigenvalue weighted by atomic mass is 32.2. The molecule has 1 aromatic rings. The van der Waals surface area contributed by atoms with Gasteiger partial charge in [-0.3, -0.25) is 0 Å². The minimum Gasteiger partial charge on any atom is -0.508 e. The van der Waals surface area contributed by atoms with Crippen LogP contribution < -0.4 is 0 Å². The Morgan fingerprint density at radius 3 is 2.75 bits per heavy atom. The molecular formula is C16H22O3S. The number of benzene rings is 1. The van der Waals surface area contributed by atoms with Gasteiger partial charge in [0.15, 0.2) is 0 Å². The van der Waals surface area contributed by atoms with Gasteiger partial charge in [0.25, 0.3) is 0 Å². The molecule has 3 unspecified atom stereocenters. The number of ether oxygens (including phenoxy) is 1. The molecule has 3 rings (SSSR count). The van der Waals surface area contributed by atoms with Crippen LogP contribution in [-0.2, 0) is 10.3 Å². The maximum absolute atomic E-state index is 11.0. The van der Waals surface area contributed by atoms with Crippen molar-refractivity contribution in [2.24, 2.45) is 5.92 Å². The van der Waals surface area contributed by atoms with Gasteiger partial charge in [0.2, 0.25) is 0 Å². The number of thioether (sulfide) groups is 1. The van der Waals surface area contributed by atoms with E-state index in [9.17, 15) is 10.2 Å². The maximum Gasteiger partial charge on any atom is 0.115 e. The highest BCUT2D eigenvalue weighted by molar-refractivity contribution is 7.99. The first-order valence-corrected chi connectivity index (χ1v) is 8.41. The van der Waals surface area contributed by atoms with Crippen molar-refractivity contribution in [2.75, 3.05) is 18.1 Å². The van der Waals surface area contributed by atoms with Crippen LogP contribution in [0.4, 0.5) is 0 Å². The number of hydrogen-bond donors (Lipinski definition) is 2. The fraction of sp³-hybridized carbons (Fsp3) is 0.625. The number of aliphatic hydroxyl groups is 1. The number of rotatable bonds is 2. The Morgan fingerprint density at radius 2 is 2.10 bits per heavy atom. The topological polar surface area (TPSA) is 49.7 Å². The Hall–Kier alpha value is -0.710. The number of phenolic OH excluding ortho intramolecular Hbond substituents is 1. The molecule has 4 heteroatoms. The van der Waals surface area contributed by atoms with Crippen LogP contribution in [0.5, 0.6) is 5.75 Å². The average molecular weight is 294 g/mol. The van der Waals surface area contributed by atoms with Crippen molar-refractivity contribution in [3.8, 4) is 5.75 Å². The van der Waals surface area contributed by atoms with Gasteiger partial charge >= 0.3 is 0 Å². The summed E-state index contributed by atoms with van der Waals surface area (Å²) in [6.45, 7) is 2.63. The summed E-state index contributed by atoms with van der Waals surface area (Å²) in [5.41, 5.74) is -0.00493. The summed E-state index contributed by atoms with van der Waals surface area (Å²) >= 11 is 1.95. The zero-order valence-corrected chi connectivity index (χ0v) is 12.7. The SMILES string of the molecule is CC(O)(c1ccc(O)cc1)C1CCOC2(CCSC2)C1. The molecule has 1 spiro atoms. The molecule has 0 bridgehead atoms. The third-order valence-corrected chi connectivity index (χ3v) is 6.03. The van der Waals surface area contributed by atoms with Crippen LogP contribution >= 0.6 is 11.8 Å². The van der Waals surface area contributed by atoms with E-state index in [1.165, 1.54) is 0 Å². The van der Waals surface area contributed by atoms with Gasteiger partial charge in [0.05, 0.1) is 11.2 Å². The molecule has 3 atom stereocenters. The summed E-state index contributed by atoms with van der Waals surface area (Å²) in [4.78, 5) is 0. The molecule has 0 saturated carbocycles. The first kappa shape index (κ1) is 14.2. The van der Waals surface area contributed by atoms with Gasteiger partial charge in [-0.25, -0.2) is 0 Å². The molecule has 0 aliphatic carbocycles. The van der Waals surface area contributed by atoms with E-state index in [1.54, 1.807) is 12.1 Å². The highest BCUT2D eigenvalue weighted by Gasteiger charge is 2.46. The van der Waals surface area contributed by atoms with Crippen LogP contribution in [0.15, 0.2) is 24.3 Å². The monoisotopic (exact) mass is 294 g/mol. The van der Waals surface area contributed by atoms with Crippen LogP contribution in [-0.4, -0.2) is 33.9 Å². The molecule has 20 heavy (non-hydrogen) atoms. The lowest BCUT2D eigenvalue weighted by Crippen LogP contribution is -2.46. The van der Waals surface area contributed by atoms with Crippen LogP contribution in [0.2, 0.25) is 0 Å².